The van der Waals surface area contributed by atoms with Crippen LogP contribution in [0.25, 0.3) is 0 Å². The average molecular weight is 434 g/mol. The molecule has 5 heteroatoms. The number of methoxy groups -OCH3 is 1. The largest absolute Gasteiger partial charge is 0.497 e. The van der Waals surface area contributed by atoms with Crippen molar-refractivity contribution in [2.45, 2.75) is 18.9 Å². The Kier molecular flexibility index (Phi) is 5.36. The van der Waals surface area contributed by atoms with Crippen molar-refractivity contribution in [3.8, 4) is 5.75 Å². The van der Waals surface area contributed by atoms with Gasteiger partial charge in [0.05, 0.1) is 7.11 Å². The summed E-state index contributed by atoms with van der Waals surface area (Å²) < 4.78 is 7.22. The van der Waals surface area contributed by atoms with Crippen LogP contribution in [0.1, 0.15) is 18.1 Å². The minimum atomic E-state index is -0.577. The van der Waals surface area contributed by atoms with Crippen molar-refractivity contribution in [2.75, 3.05) is 7.11 Å². The van der Waals surface area contributed by atoms with Crippen molar-refractivity contribution in [3.63, 3.8) is 0 Å². The highest BCUT2D eigenvalue weighted by atomic mass is 79.9. The van der Waals surface area contributed by atoms with Gasteiger partial charge in [0.25, 0.3) is 0 Å². The van der Waals surface area contributed by atoms with Gasteiger partial charge in [-0.05, 0) is 54.8 Å². The molecule has 2 nitrogen and oxygen atoms in total. The van der Waals surface area contributed by atoms with E-state index in [-0.39, 0.29) is 0 Å². The molecule has 1 unspecified atom stereocenters. The number of hydrogen-bond acceptors (Lipinski definition) is 2. The Labute approximate surface area is 146 Å². The zero-order valence-corrected chi connectivity index (χ0v) is 15.7. The summed E-state index contributed by atoms with van der Waals surface area (Å²) in [4.78, 5) is 0. The highest BCUT2D eigenvalue weighted by Crippen LogP contribution is 2.34. The molecule has 2 rings (SSSR count). The molecule has 0 saturated carbocycles. The zero-order valence-electron chi connectivity index (χ0n) is 11.8. The predicted octanol–water partition coefficient (Wildman–Crippen LogP) is 5.29. The van der Waals surface area contributed by atoms with Gasteiger partial charge in [-0.15, -0.1) is 0 Å². The molecule has 112 valence electrons. The molecule has 0 aliphatic heterocycles. The topological polar surface area (TPSA) is 35.2 Å². The van der Waals surface area contributed by atoms with E-state index in [1.54, 1.807) is 7.11 Å². The van der Waals surface area contributed by atoms with E-state index in [1.165, 1.54) is 0 Å². The highest BCUT2D eigenvalue weighted by Gasteiger charge is 2.25. The monoisotopic (exact) mass is 431 g/mol. The van der Waals surface area contributed by atoms with E-state index < -0.39 is 5.54 Å². The molecule has 0 aliphatic rings. The summed E-state index contributed by atoms with van der Waals surface area (Å²) >= 11 is 13.3. The van der Waals surface area contributed by atoms with Crippen LogP contribution in [-0.4, -0.2) is 7.11 Å². The first-order valence-electron chi connectivity index (χ1n) is 6.40. The molecule has 0 saturated heterocycles. The Hall–Kier alpha value is -0.550. The van der Waals surface area contributed by atoms with Crippen LogP contribution >= 0.6 is 43.5 Å². The minimum absolute atomic E-state index is 0.577. The Morgan fingerprint density at radius 1 is 1.19 bits per heavy atom. The molecule has 0 fully saturated rings. The summed E-state index contributed by atoms with van der Waals surface area (Å²) in [6.45, 7) is 1.98. The molecular weight excluding hydrogens is 417 g/mol. The Morgan fingerprint density at radius 3 is 2.52 bits per heavy atom. The molecule has 0 aromatic heterocycles. The Balaban J connectivity index is 2.36. The molecule has 0 amide bonds. The summed E-state index contributed by atoms with van der Waals surface area (Å²) in [5.41, 5.74) is 7.94. The lowest BCUT2D eigenvalue weighted by molar-refractivity contribution is 0.413. The summed E-state index contributed by atoms with van der Waals surface area (Å²) in [5, 5.41) is 0.661. The van der Waals surface area contributed by atoms with Gasteiger partial charge in [0.1, 0.15) is 5.75 Å². The standard InChI is InChI=1S/C16H16Br2ClNO/c1-16(20,13-5-3-11(17)8-15(13)19)9-10-7-12(21-2)4-6-14(10)18/h3-8H,9,20H2,1-2H3. The number of ether oxygens (including phenoxy) is 1. The molecule has 2 N–H and O–H groups in total. The first-order chi connectivity index (χ1) is 9.83. The van der Waals surface area contributed by atoms with Crippen molar-refractivity contribution in [1.82, 2.24) is 0 Å². The predicted molar refractivity (Wildman–Crippen MR) is 95.1 cm³/mol. The first kappa shape index (κ1) is 16.8. The van der Waals surface area contributed by atoms with Gasteiger partial charge in [-0.1, -0.05) is 49.5 Å². The Morgan fingerprint density at radius 2 is 1.90 bits per heavy atom. The second-order valence-electron chi connectivity index (χ2n) is 5.18. The van der Waals surface area contributed by atoms with Gasteiger partial charge >= 0.3 is 0 Å². The summed E-state index contributed by atoms with van der Waals surface area (Å²) in [7, 11) is 1.65. The fourth-order valence-corrected chi connectivity index (χ4v) is 3.53. The van der Waals surface area contributed by atoms with Crippen molar-refractivity contribution in [1.29, 1.82) is 0 Å². The lowest BCUT2D eigenvalue weighted by Gasteiger charge is -2.27. The maximum absolute atomic E-state index is 6.52. The molecule has 2 aromatic rings. The summed E-state index contributed by atoms with van der Waals surface area (Å²) in [6.07, 6.45) is 0.645. The van der Waals surface area contributed by atoms with Gasteiger partial charge in [0, 0.05) is 19.5 Å². The molecule has 0 spiro atoms. The third-order valence-electron chi connectivity index (χ3n) is 3.36. The maximum Gasteiger partial charge on any atom is 0.119 e. The lowest BCUT2D eigenvalue weighted by atomic mass is 9.86. The zero-order chi connectivity index (χ0) is 15.6. The molecule has 0 heterocycles. The lowest BCUT2D eigenvalue weighted by Crippen LogP contribution is -2.36. The number of hydrogen-bond donors (Lipinski definition) is 1. The average Bonchev–Trinajstić information content (AvgIpc) is 2.40. The fourth-order valence-electron chi connectivity index (χ4n) is 2.26. The van der Waals surface area contributed by atoms with Gasteiger partial charge < -0.3 is 10.5 Å². The van der Waals surface area contributed by atoms with Crippen molar-refractivity contribution in [2.24, 2.45) is 5.73 Å². The highest BCUT2D eigenvalue weighted by molar-refractivity contribution is 9.10. The van der Waals surface area contributed by atoms with Gasteiger partial charge in [0.15, 0.2) is 0 Å². The van der Waals surface area contributed by atoms with Crippen molar-refractivity contribution < 1.29 is 4.74 Å². The van der Waals surface area contributed by atoms with Gasteiger partial charge in [-0.3, -0.25) is 0 Å². The summed E-state index contributed by atoms with van der Waals surface area (Å²) in [5.74, 6) is 0.811. The second kappa shape index (κ2) is 6.69. The summed E-state index contributed by atoms with van der Waals surface area (Å²) in [6, 6.07) is 11.6. The van der Waals surface area contributed by atoms with Crippen molar-refractivity contribution in [3.05, 3.63) is 61.5 Å². The van der Waals surface area contributed by atoms with Crippen molar-refractivity contribution >= 4 is 43.5 Å². The van der Waals surface area contributed by atoms with Gasteiger partial charge in [-0.2, -0.15) is 0 Å². The number of halogens is 3. The smallest absolute Gasteiger partial charge is 0.119 e. The van der Waals surface area contributed by atoms with Crippen LogP contribution in [-0.2, 0) is 12.0 Å². The van der Waals surface area contributed by atoms with Gasteiger partial charge in [-0.25, -0.2) is 0 Å². The molecule has 2 aromatic carbocycles. The number of benzene rings is 2. The second-order valence-corrected chi connectivity index (χ2v) is 7.35. The normalized spacial score (nSPS) is 13.8. The van der Waals surface area contributed by atoms with E-state index in [0.29, 0.717) is 11.4 Å². The third-order valence-corrected chi connectivity index (χ3v) is 4.94. The van der Waals surface area contributed by atoms with E-state index in [2.05, 4.69) is 31.9 Å². The molecule has 21 heavy (non-hydrogen) atoms. The first-order valence-corrected chi connectivity index (χ1v) is 8.37. The van der Waals surface area contributed by atoms with Crippen LogP contribution < -0.4 is 10.5 Å². The van der Waals surface area contributed by atoms with E-state index in [4.69, 9.17) is 22.1 Å². The maximum atomic E-state index is 6.52. The van der Waals surface area contributed by atoms with Crippen LogP contribution in [0.4, 0.5) is 0 Å². The molecule has 0 radical (unpaired) electrons. The SMILES string of the molecule is COc1ccc(Br)c(CC(C)(N)c2ccc(Br)cc2Cl)c1. The quantitative estimate of drug-likeness (QED) is 0.711. The van der Waals surface area contributed by atoms with E-state index in [0.717, 1.165) is 25.8 Å². The molecular formula is C16H16Br2ClNO. The number of nitrogens with two attached hydrogens (primary N) is 1. The van der Waals surface area contributed by atoms with E-state index in [1.807, 2.05) is 43.3 Å². The van der Waals surface area contributed by atoms with Crippen LogP contribution in [0.5, 0.6) is 5.75 Å². The minimum Gasteiger partial charge on any atom is -0.497 e. The molecule has 0 bridgehead atoms. The number of rotatable bonds is 4. The van der Waals surface area contributed by atoms with Crippen LogP contribution in [0, 0.1) is 0 Å². The molecule has 1 atom stereocenters. The van der Waals surface area contributed by atoms with Gasteiger partial charge in [0.2, 0.25) is 0 Å². The van der Waals surface area contributed by atoms with Crippen LogP contribution in [0.3, 0.4) is 0 Å². The van der Waals surface area contributed by atoms with E-state index >= 15 is 0 Å². The van der Waals surface area contributed by atoms with Crippen LogP contribution in [0.15, 0.2) is 45.3 Å². The Bertz CT molecular complexity index is 659. The van der Waals surface area contributed by atoms with Crippen LogP contribution in [0.2, 0.25) is 5.02 Å². The third kappa shape index (κ3) is 4.01. The van der Waals surface area contributed by atoms with E-state index in [9.17, 15) is 0 Å². The fraction of sp³-hybridized carbons (Fsp3) is 0.250. The molecule has 0 aliphatic carbocycles.